The van der Waals surface area contributed by atoms with E-state index in [-0.39, 0.29) is 12.1 Å². The average molecular weight is 547 g/mol. The van der Waals surface area contributed by atoms with E-state index in [4.69, 9.17) is 38.3 Å². The predicted octanol–water partition coefficient (Wildman–Crippen LogP) is 4.56. The Morgan fingerprint density at radius 3 is 2.81 bits per heavy atom. The number of benzene rings is 1. The number of ether oxygens (including phenoxy) is 1. The maximum atomic E-state index is 11.3. The number of fused-ring (bicyclic) bond motifs is 1. The van der Waals surface area contributed by atoms with Gasteiger partial charge in [-0.05, 0) is 62.8 Å². The summed E-state index contributed by atoms with van der Waals surface area (Å²) in [4.78, 5) is 25.8. The molecular formula is C26H33Cl2N7O2. The van der Waals surface area contributed by atoms with Gasteiger partial charge in [-0.25, -0.2) is 19.4 Å². The summed E-state index contributed by atoms with van der Waals surface area (Å²) >= 11 is 12.6. The monoisotopic (exact) mass is 545 g/mol. The first-order valence-electron chi connectivity index (χ1n) is 12.8. The minimum atomic E-state index is -0.372. The normalized spacial score (nSPS) is 19.6. The van der Waals surface area contributed by atoms with E-state index in [2.05, 4.69) is 26.8 Å². The Morgan fingerprint density at radius 1 is 1.24 bits per heavy atom. The van der Waals surface area contributed by atoms with Gasteiger partial charge in [0.2, 0.25) is 0 Å². The molecule has 0 aliphatic carbocycles. The SMILES string of the molecule is COC(=O)NCCN1CCCC(C2CN(c3cnc4c(C)nn([C@H](C)c5ccc(Cl)cc5Cl)c4n3)C2)C1. The smallest absolute Gasteiger partial charge is 0.406 e. The van der Waals surface area contributed by atoms with Crippen molar-refractivity contribution in [2.45, 2.75) is 32.7 Å². The van der Waals surface area contributed by atoms with E-state index in [1.165, 1.54) is 20.0 Å². The third-order valence-corrected chi connectivity index (χ3v) is 8.23. The van der Waals surface area contributed by atoms with Gasteiger partial charge in [0, 0.05) is 42.8 Å². The summed E-state index contributed by atoms with van der Waals surface area (Å²) in [6.45, 7) is 9.58. The Hall–Kier alpha value is -2.62. The molecule has 2 atom stereocenters. The van der Waals surface area contributed by atoms with Gasteiger partial charge in [-0.15, -0.1) is 0 Å². The summed E-state index contributed by atoms with van der Waals surface area (Å²) in [6, 6.07) is 5.43. The van der Waals surface area contributed by atoms with Crippen molar-refractivity contribution in [3.8, 4) is 0 Å². The second kappa shape index (κ2) is 11.0. The molecule has 4 heterocycles. The van der Waals surface area contributed by atoms with E-state index in [9.17, 15) is 4.79 Å². The molecule has 11 heteroatoms. The fourth-order valence-corrected chi connectivity index (χ4v) is 6.07. The molecule has 3 aromatic rings. The fourth-order valence-electron chi connectivity index (χ4n) is 5.50. The largest absolute Gasteiger partial charge is 0.453 e. The van der Waals surface area contributed by atoms with E-state index in [0.717, 1.165) is 61.0 Å². The summed E-state index contributed by atoms with van der Waals surface area (Å²) in [5.41, 5.74) is 3.35. The molecule has 1 amide bonds. The highest BCUT2D eigenvalue weighted by atomic mass is 35.5. The molecule has 0 spiro atoms. The number of methoxy groups -OCH3 is 1. The van der Waals surface area contributed by atoms with Gasteiger partial charge in [-0.2, -0.15) is 5.10 Å². The van der Waals surface area contributed by atoms with Crippen molar-refractivity contribution in [2.24, 2.45) is 11.8 Å². The Morgan fingerprint density at radius 2 is 2.05 bits per heavy atom. The molecule has 0 bridgehead atoms. The zero-order valence-electron chi connectivity index (χ0n) is 21.5. The van der Waals surface area contributed by atoms with Gasteiger partial charge in [0.15, 0.2) is 5.65 Å². The first kappa shape index (κ1) is 26.0. The average Bonchev–Trinajstić information content (AvgIpc) is 3.19. The summed E-state index contributed by atoms with van der Waals surface area (Å²) in [5, 5.41) is 8.75. The molecule has 2 aliphatic heterocycles. The summed E-state index contributed by atoms with van der Waals surface area (Å²) in [5.74, 6) is 2.17. The van der Waals surface area contributed by atoms with Crippen LogP contribution in [0.2, 0.25) is 10.0 Å². The van der Waals surface area contributed by atoms with Gasteiger partial charge in [0.25, 0.3) is 0 Å². The standard InChI is InChI=1S/C26H33Cl2N7O2/c1-16-24-25(35(32-16)17(2)21-7-6-20(27)11-22(21)28)31-23(12-30-24)34-14-19(15-34)18-5-4-9-33(13-18)10-8-29-26(36)37-3/h6-7,11-12,17-19H,4-5,8-10,13-15H2,1-3H3,(H,29,36)/t17-,18?/m1/s1. The molecule has 2 fully saturated rings. The summed E-state index contributed by atoms with van der Waals surface area (Å²) in [7, 11) is 1.39. The molecule has 1 unspecified atom stereocenters. The number of aryl methyl sites for hydroxylation is 1. The second-order valence-corrected chi connectivity index (χ2v) is 10.9. The van der Waals surface area contributed by atoms with Crippen molar-refractivity contribution in [2.75, 3.05) is 51.3 Å². The molecule has 2 saturated heterocycles. The quantitative estimate of drug-likeness (QED) is 0.465. The number of hydrogen-bond donors (Lipinski definition) is 1. The maximum Gasteiger partial charge on any atom is 0.406 e. The van der Waals surface area contributed by atoms with Crippen molar-refractivity contribution in [1.82, 2.24) is 30.0 Å². The second-order valence-electron chi connectivity index (χ2n) is 10.1. The van der Waals surface area contributed by atoms with Gasteiger partial charge in [-0.1, -0.05) is 29.3 Å². The number of hydrogen-bond acceptors (Lipinski definition) is 7. The van der Waals surface area contributed by atoms with Crippen molar-refractivity contribution >= 4 is 46.3 Å². The van der Waals surface area contributed by atoms with Crippen molar-refractivity contribution < 1.29 is 9.53 Å². The van der Waals surface area contributed by atoms with Crippen molar-refractivity contribution in [3.63, 3.8) is 0 Å². The summed E-state index contributed by atoms with van der Waals surface area (Å²) in [6.07, 6.45) is 3.93. The molecule has 2 aromatic heterocycles. The minimum Gasteiger partial charge on any atom is -0.453 e. The number of carbonyl (C=O) groups excluding carboxylic acids is 1. The van der Waals surface area contributed by atoms with Crippen LogP contribution in [-0.2, 0) is 4.74 Å². The molecular weight excluding hydrogens is 513 g/mol. The first-order chi connectivity index (χ1) is 17.8. The van der Waals surface area contributed by atoms with Crippen LogP contribution in [0.3, 0.4) is 0 Å². The zero-order chi connectivity index (χ0) is 26.1. The number of rotatable bonds is 7. The Balaban J connectivity index is 1.25. The number of alkyl carbamates (subject to hydrolysis) is 1. The van der Waals surface area contributed by atoms with Crippen LogP contribution in [0.5, 0.6) is 0 Å². The van der Waals surface area contributed by atoms with Gasteiger partial charge in [0.05, 0.1) is 25.0 Å². The topological polar surface area (TPSA) is 88.4 Å². The van der Waals surface area contributed by atoms with Crippen molar-refractivity contribution in [3.05, 3.63) is 45.7 Å². The van der Waals surface area contributed by atoms with E-state index < -0.39 is 0 Å². The number of likely N-dealkylation sites (tertiary alicyclic amines) is 1. The maximum absolute atomic E-state index is 11.3. The first-order valence-corrected chi connectivity index (χ1v) is 13.6. The molecule has 0 radical (unpaired) electrons. The van der Waals surface area contributed by atoms with Gasteiger partial charge >= 0.3 is 6.09 Å². The molecule has 9 nitrogen and oxygen atoms in total. The summed E-state index contributed by atoms with van der Waals surface area (Å²) < 4.78 is 6.57. The van der Waals surface area contributed by atoms with Crippen LogP contribution in [0.25, 0.3) is 11.2 Å². The van der Waals surface area contributed by atoms with Crippen LogP contribution in [0.1, 0.15) is 37.1 Å². The lowest BCUT2D eigenvalue weighted by molar-refractivity contribution is 0.118. The third kappa shape index (κ3) is 5.49. The lowest BCUT2D eigenvalue weighted by Gasteiger charge is -2.47. The highest BCUT2D eigenvalue weighted by molar-refractivity contribution is 6.35. The van der Waals surface area contributed by atoms with Crippen LogP contribution in [0.4, 0.5) is 10.6 Å². The highest BCUT2D eigenvalue weighted by Crippen LogP contribution is 2.35. The number of anilines is 1. The van der Waals surface area contributed by atoms with Gasteiger partial charge < -0.3 is 19.9 Å². The number of nitrogens with one attached hydrogen (secondary N) is 1. The third-order valence-electron chi connectivity index (χ3n) is 7.66. The number of halogens is 2. The number of piperidine rings is 1. The number of carbonyl (C=O) groups is 1. The van der Waals surface area contributed by atoms with Crippen LogP contribution < -0.4 is 10.2 Å². The molecule has 1 N–H and O–H groups in total. The van der Waals surface area contributed by atoms with E-state index >= 15 is 0 Å². The van der Waals surface area contributed by atoms with E-state index in [1.54, 1.807) is 6.07 Å². The predicted molar refractivity (Wildman–Crippen MR) is 146 cm³/mol. The molecule has 2 aliphatic rings. The number of nitrogens with zero attached hydrogens (tertiary/aromatic N) is 6. The zero-order valence-corrected chi connectivity index (χ0v) is 23.0. The van der Waals surface area contributed by atoms with Crippen LogP contribution in [0.15, 0.2) is 24.4 Å². The van der Waals surface area contributed by atoms with Crippen LogP contribution >= 0.6 is 23.2 Å². The molecule has 1 aromatic carbocycles. The lowest BCUT2D eigenvalue weighted by Crippen LogP contribution is -2.54. The highest BCUT2D eigenvalue weighted by Gasteiger charge is 2.36. The number of amides is 1. The van der Waals surface area contributed by atoms with E-state index in [0.29, 0.717) is 28.4 Å². The Bertz CT molecular complexity index is 1280. The minimum absolute atomic E-state index is 0.114. The Kier molecular flexibility index (Phi) is 7.74. The van der Waals surface area contributed by atoms with Gasteiger partial charge in [0.1, 0.15) is 11.3 Å². The number of aromatic nitrogens is 4. The van der Waals surface area contributed by atoms with E-state index in [1.807, 2.05) is 29.9 Å². The fraction of sp³-hybridized carbons (Fsp3) is 0.538. The molecule has 37 heavy (non-hydrogen) atoms. The molecule has 0 saturated carbocycles. The van der Waals surface area contributed by atoms with Crippen LogP contribution in [0, 0.1) is 18.8 Å². The molecule has 198 valence electrons. The van der Waals surface area contributed by atoms with Gasteiger partial charge in [-0.3, -0.25) is 0 Å². The Labute approximate surface area is 227 Å². The lowest BCUT2D eigenvalue weighted by atomic mass is 9.80. The molecule has 5 rings (SSSR count). The van der Waals surface area contributed by atoms with Crippen LogP contribution in [-0.4, -0.2) is 77.1 Å². The van der Waals surface area contributed by atoms with Crippen molar-refractivity contribution in [1.29, 1.82) is 0 Å².